The Kier molecular flexibility index (Phi) is 4.29. The van der Waals surface area contributed by atoms with Crippen LogP contribution in [0.3, 0.4) is 0 Å². The average molecular weight is 342 g/mol. The summed E-state index contributed by atoms with van der Waals surface area (Å²) in [4.78, 5) is 12.3. The zero-order valence-electron chi connectivity index (χ0n) is 13.8. The van der Waals surface area contributed by atoms with Crippen molar-refractivity contribution in [1.82, 2.24) is 0 Å². The molecule has 0 N–H and O–H groups in total. The summed E-state index contributed by atoms with van der Waals surface area (Å²) in [7, 11) is 0. The minimum atomic E-state index is 0.0727. The highest BCUT2D eigenvalue weighted by atomic mass is 32.1. The van der Waals surface area contributed by atoms with Crippen molar-refractivity contribution in [2.24, 2.45) is 0 Å². The number of carbonyl (C=O) groups is 1. The van der Waals surface area contributed by atoms with Gasteiger partial charge in [-0.1, -0.05) is 72.8 Å². The van der Waals surface area contributed by atoms with E-state index in [1.807, 2.05) is 24.3 Å². The molecule has 0 saturated carbocycles. The fourth-order valence-corrected chi connectivity index (χ4v) is 3.69. The Labute approximate surface area is 152 Å². The van der Waals surface area contributed by atoms with E-state index in [2.05, 4.69) is 67.2 Å². The number of thiol groups is 1. The van der Waals surface area contributed by atoms with E-state index in [1.54, 1.807) is 0 Å². The number of rotatable bonds is 4. The second kappa shape index (κ2) is 6.73. The molecule has 0 amide bonds. The summed E-state index contributed by atoms with van der Waals surface area (Å²) in [6.07, 6.45) is 0.734. The fraction of sp³-hybridized carbons (Fsp3) is 0.0870. The van der Waals surface area contributed by atoms with E-state index in [9.17, 15) is 4.79 Å². The Hall–Kier alpha value is -2.58. The highest BCUT2D eigenvalue weighted by molar-refractivity contribution is 7.81. The summed E-state index contributed by atoms with van der Waals surface area (Å²) in [6, 6.07) is 27.0. The van der Waals surface area contributed by atoms with Crippen LogP contribution in [0.5, 0.6) is 0 Å². The van der Waals surface area contributed by atoms with Crippen LogP contribution in [0.1, 0.15) is 21.5 Å². The molecule has 0 atom stereocenters. The predicted molar refractivity (Wildman–Crippen MR) is 109 cm³/mol. The highest BCUT2D eigenvalue weighted by Crippen LogP contribution is 2.31. The van der Waals surface area contributed by atoms with Gasteiger partial charge in [0.05, 0.1) is 5.75 Å². The van der Waals surface area contributed by atoms with Gasteiger partial charge in [0.15, 0.2) is 5.78 Å². The molecule has 0 fully saturated rings. The Bertz CT molecular complexity index is 1030. The van der Waals surface area contributed by atoms with Crippen molar-refractivity contribution in [3.05, 3.63) is 95.6 Å². The maximum Gasteiger partial charge on any atom is 0.172 e. The molecule has 0 saturated heterocycles. The summed E-state index contributed by atoms with van der Waals surface area (Å²) in [5.74, 6) is 0.302. The number of benzene rings is 4. The molecule has 25 heavy (non-hydrogen) atoms. The lowest BCUT2D eigenvalue weighted by atomic mass is 9.90. The first-order chi connectivity index (χ1) is 12.3. The molecule has 0 spiro atoms. The van der Waals surface area contributed by atoms with Gasteiger partial charge in [0.25, 0.3) is 0 Å². The lowest BCUT2D eigenvalue weighted by Crippen LogP contribution is -2.06. The van der Waals surface area contributed by atoms with Gasteiger partial charge in [-0.05, 0) is 45.2 Å². The molecule has 0 radical (unpaired) electrons. The molecule has 0 unspecified atom stereocenters. The van der Waals surface area contributed by atoms with Gasteiger partial charge in [-0.25, -0.2) is 0 Å². The third kappa shape index (κ3) is 2.94. The van der Waals surface area contributed by atoms with Crippen LogP contribution in [-0.2, 0) is 6.42 Å². The van der Waals surface area contributed by atoms with Crippen LogP contribution in [0.4, 0.5) is 0 Å². The molecular formula is C23H18OS. The van der Waals surface area contributed by atoms with Crippen molar-refractivity contribution in [1.29, 1.82) is 0 Å². The number of Topliss-reactive ketones (excluding diaryl/α,β-unsaturated/α-hetero) is 1. The van der Waals surface area contributed by atoms with E-state index in [-0.39, 0.29) is 11.5 Å². The summed E-state index contributed by atoms with van der Waals surface area (Å²) in [5, 5.41) is 4.95. The fourth-order valence-electron chi connectivity index (χ4n) is 3.52. The smallest absolute Gasteiger partial charge is 0.172 e. The van der Waals surface area contributed by atoms with Gasteiger partial charge in [0.1, 0.15) is 0 Å². The van der Waals surface area contributed by atoms with Gasteiger partial charge < -0.3 is 0 Å². The van der Waals surface area contributed by atoms with Gasteiger partial charge in [-0.3, -0.25) is 4.79 Å². The van der Waals surface area contributed by atoms with Gasteiger partial charge >= 0.3 is 0 Å². The molecule has 0 aliphatic rings. The summed E-state index contributed by atoms with van der Waals surface area (Å²) in [6.45, 7) is 0. The summed E-state index contributed by atoms with van der Waals surface area (Å²) < 4.78 is 0. The maximum atomic E-state index is 12.3. The van der Waals surface area contributed by atoms with Crippen molar-refractivity contribution in [2.45, 2.75) is 6.42 Å². The van der Waals surface area contributed by atoms with Crippen molar-refractivity contribution in [3.63, 3.8) is 0 Å². The van der Waals surface area contributed by atoms with Crippen molar-refractivity contribution < 1.29 is 4.79 Å². The first-order valence-corrected chi connectivity index (χ1v) is 9.02. The van der Waals surface area contributed by atoms with E-state index in [0.29, 0.717) is 0 Å². The minimum Gasteiger partial charge on any atom is -0.293 e. The zero-order chi connectivity index (χ0) is 17.2. The summed E-state index contributed by atoms with van der Waals surface area (Å²) in [5.41, 5.74) is 3.10. The summed E-state index contributed by atoms with van der Waals surface area (Å²) >= 11 is 4.17. The average Bonchev–Trinajstić information content (AvgIpc) is 2.67. The maximum absolute atomic E-state index is 12.3. The first-order valence-electron chi connectivity index (χ1n) is 8.39. The van der Waals surface area contributed by atoms with Crippen LogP contribution in [0.25, 0.3) is 21.5 Å². The van der Waals surface area contributed by atoms with Crippen LogP contribution in [0.2, 0.25) is 0 Å². The molecule has 4 rings (SSSR count). The molecule has 1 nitrogen and oxygen atoms in total. The molecule has 122 valence electrons. The van der Waals surface area contributed by atoms with Crippen LogP contribution in [0, 0.1) is 0 Å². The molecule has 0 aliphatic heterocycles. The number of carbonyl (C=O) groups excluding carboxylic acids is 1. The zero-order valence-corrected chi connectivity index (χ0v) is 14.7. The van der Waals surface area contributed by atoms with E-state index >= 15 is 0 Å². The van der Waals surface area contributed by atoms with Crippen molar-refractivity contribution in [3.8, 4) is 0 Å². The van der Waals surface area contributed by atoms with E-state index in [1.165, 1.54) is 27.1 Å². The third-order valence-corrected chi connectivity index (χ3v) is 5.00. The third-order valence-electron chi connectivity index (χ3n) is 4.71. The molecule has 2 heteroatoms. The Balaban J connectivity index is 1.96. The number of hydrogen-bond acceptors (Lipinski definition) is 2. The van der Waals surface area contributed by atoms with E-state index < -0.39 is 0 Å². The molecule has 4 aromatic rings. The Morgan fingerprint density at radius 2 is 1.32 bits per heavy atom. The van der Waals surface area contributed by atoms with E-state index in [0.717, 1.165) is 17.5 Å². The van der Waals surface area contributed by atoms with Crippen molar-refractivity contribution >= 4 is 40.0 Å². The molecule has 4 aromatic carbocycles. The second-order valence-corrected chi connectivity index (χ2v) is 6.53. The van der Waals surface area contributed by atoms with Gasteiger partial charge in [0, 0.05) is 5.56 Å². The molecule has 0 aromatic heterocycles. The lowest BCUT2D eigenvalue weighted by molar-refractivity contribution is 0.102. The Morgan fingerprint density at radius 3 is 1.96 bits per heavy atom. The molecule has 0 aliphatic carbocycles. The van der Waals surface area contributed by atoms with E-state index in [4.69, 9.17) is 0 Å². The van der Waals surface area contributed by atoms with Gasteiger partial charge in [-0.15, -0.1) is 0 Å². The highest BCUT2D eigenvalue weighted by Gasteiger charge is 2.13. The lowest BCUT2D eigenvalue weighted by Gasteiger charge is -2.14. The minimum absolute atomic E-state index is 0.0727. The van der Waals surface area contributed by atoms with Crippen LogP contribution in [-0.4, -0.2) is 11.5 Å². The molecular weight excluding hydrogens is 324 g/mol. The van der Waals surface area contributed by atoms with Crippen LogP contribution in [0.15, 0.2) is 78.9 Å². The quantitative estimate of drug-likeness (QED) is 0.286. The standard InChI is InChI=1S/C23H18OS/c24-23(15-25)21-12-6-3-9-18(21)14-22-19-10-4-1-7-16(19)13-17-8-2-5-11-20(17)22/h1-13,25H,14-15H2. The number of ketones is 1. The Morgan fingerprint density at radius 1 is 0.760 bits per heavy atom. The second-order valence-electron chi connectivity index (χ2n) is 6.21. The number of fused-ring (bicyclic) bond motifs is 2. The monoisotopic (exact) mass is 342 g/mol. The van der Waals surface area contributed by atoms with Crippen LogP contribution < -0.4 is 0 Å². The SMILES string of the molecule is O=C(CS)c1ccccc1Cc1c2ccccc2cc2ccccc12. The molecule has 0 bridgehead atoms. The number of hydrogen-bond donors (Lipinski definition) is 1. The van der Waals surface area contributed by atoms with Gasteiger partial charge in [-0.2, -0.15) is 12.6 Å². The first kappa shape index (κ1) is 15.9. The van der Waals surface area contributed by atoms with Crippen molar-refractivity contribution in [2.75, 3.05) is 5.75 Å². The molecule has 0 heterocycles. The predicted octanol–water partition coefficient (Wildman–Crippen LogP) is 5.70. The van der Waals surface area contributed by atoms with Gasteiger partial charge in [0.2, 0.25) is 0 Å². The topological polar surface area (TPSA) is 17.1 Å². The van der Waals surface area contributed by atoms with Crippen LogP contribution >= 0.6 is 12.6 Å². The normalized spacial score (nSPS) is 11.1. The largest absolute Gasteiger partial charge is 0.293 e.